The summed E-state index contributed by atoms with van der Waals surface area (Å²) >= 11 is 5.55. The molecule has 1 N–H and O–H groups in total. The summed E-state index contributed by atoms with van der Waals surface area (Å²) in [5, 5.41) is 4.16. The maximum atomic E-state index is 13.9. The predicted octanol–water partition coefficient (Wildman–Crippen LogP) is 3.58. The zero-order valence-electron chi connectivity index (χ0n) is 13.8. The lowest BCUT2D eigenvalue weighted by Crippen LogP contribution is -2.52. The first kappa shape index (κ1) is 16.7. The fraction of sp³-hybridized carbons (Fsp3) is 0.316. The van der Waals surface area contributed by atoms with Gasteiger partial charge in [0.2, 0.25) is 0 Å². The van der Waals surface area contributed by atoms with Gasteiger partial charge in [0.15, 0.2) is 5.11 Å². The molecule has 2 aromatic carbocycles. The van der Waals surface area contributed by atoms with E-state index in [4.69, 9.17) is 12.2 Å². The number of halogens is 1. The molecular formula is C19H22FN3S. The molecule has 1 aliphatic rings. The van der Waals surface area contributed by atoms with Crippen LogP contribution in [0.15, 0.2) is 54.6 Å². The Morgan fingerprint density at radius 2 is 1.62 bits per heavy atom. The summed E-state index contributed by atoms with van der Waals surface area (Å²) in [4.78, 5) is 4.24. The third-order valence-corrected chi connectivity index (χ3v) is 4.78. The number of nitrogens with zero attached hydrogens (tertiary/aromatic N) is 2. The molecule has 0 aliphatic carbocycles. The van der Waals surface area contributed by atoms with Gasteiger partial charge in [-0.05, 0) is 36.8 Å². The molecular weight excluding hydrogens is 321 g/mol. The van der Waals surface area contributed by atoms with Gasteiger partial charge >= 0.3 is 0 Å². The van der Waals surface area contributed by atoms with E-state index in [1.807, 2.05) is 30.3 Å². The molecule has 1 atom stereocenters. The minimum Gasteiger partial charge on any atom is -0.366 e. The second-order valence-electron chi connectivity index (χ2n) is 6.01. The fourth-order valence-corrected chi connectivity index (χ4v) is 3.32. The van der Waals surface area contributed by atoms with Crippen LogP contribution in [0.5, 0.6) is 0 Å². The number of hydrogen-bond donors (Lipinski definition) is 1. The van der Waals surface area contributed by atoms with Crippen molar-refractivity contribution >= 4 is 23.0 Å². The number of anilines is 1. The van der Waals surface area contributed by atoms with Crippen molar-refractivity contribution < 1.29 is 4.39 Å². The van der Waals surface area contributed by atoms with Gasteiger partial charge in [-0.1, -0.05) is 42.5 Å². The lowest BCUT2D eigenvalue weighted by Gasteiger charge is -2.38. The smallest absolute Gasteiger partial charge is 0.169 e. The van der Waals surface area contributed by atoms with Crippen LogP contribution in [-0.4, -0.2) is 36.2 Å². The van der Waals surface area contributed by atoms with E-state index in [0.717, 1.165) is 31.3 Å². The number of hydrogen-bond acceptors (Lipinski definition) is 2. The Morgan fingerprint density at radius 1 is 1.00 bits per heavy atom. The van der Waals surface area contributed by atoms with E-state index in [9.17, 15) is 4.39 Å². The van der Waals surface area contributed by atoms with E-state index in [-0.39, 0.29) is 11.9 Å². The number of thiocarbonyl (C=S) groups is 1. The zero-order valence-corrected chi connectivity index (χ0v) is 14.6. The number of piperazine rings is 1. The SMILES string of the molecule is C[C@H](NC(=S)N1CCN(c2ccccc2F)CC1)c1ccccc1. The standard InChI is InChI=1S/C19H22FN3S/c1-15(16-7-3-2-4-8-16)21-19(24)23-13-11-22(12-14-23)18-10-6-5-9-17(18)20/h2-10,15H,11-14H2,1H3,(H,21,24)/t15-/m0/s1. The van der Waals surface area contributed by atoms with Gasteiger partial charge in [0.05, 0.1) is 11.7 Å². The van der Waals surface area contributed by atoms with Gasteiger partial charge in [-0.3, -0.25) is 0 Å². The van der Waals surface area contributed by atoms with Gasteiger partial charge in [0.25, 0.3) is 0 Å². The average molecular weight is 343 g/mol. The molecule has 0 unspecified atom stereocenters. The van der Waals surface area contributed by atoms with E-state index in [1.54, 1.807) is 6.07 Å². The van der Waals surface area contributed by atoms with Crippen LogP contribution < -0.4 is 10.2 Å². The molecule has 3 nitrogen and oxygen atoms in total. The van der Waals surface area contributed by atoms with Crippen LogP contribution in [0, 0.1) is 5.82 Å². The second kappa shape index (κ2) is 7.62. The molecule has 2 aromatic rings. The van der Waals surface area contributed by atoms with Crippen LogP contribution in [0.25, 0.3) is 0 Å². The lowest BCUT2D eigenvalue weighted by molar-refractivity contribution is 0.374. The monoisotopic (exact) mass is 343 g/mol. The van der Waals surface area contributed by atoms with Gasteiger partial charge in [-0.2, -0.15) is 0 Å². The highest BCUT2D eigenvalue weighted by atomic mass is 32.1. The van der Waals surface area contributed by atoms with Crippen LogP contribution in [0.2, 0.25) is 0 Å². The van der Waals surface area contributed by atoms with Gasteiger partial charge < -0.3 is 15.1 Å². The second-order valence-corrected chi connectivity index (χ2v) is 6.39. The van der Waals surface area contributed by atoms with E-state index >= 15 is 0 Å². The van der Waals surface area contributed by atoms with Crippen molar-refractivity contribution in [2.45, 2.75) is 13.0 Å². The lowest BCUT2D eigenvalue weighted by atomic mass is 10.1. The summed E-state index contributed by atoms with van der Waals surface area (Å²) in [6.45, 7) is 5.23. The number of rotatable bonds is 3. The molecule has 126 valence electrons. The summed E-state index contributed by atoms with van der Waals surface area (Å²) in [7, 11) is 0. The summed E-state index contributed by atoms with van der Waals surface area (Å²) in [5.41, 5.74) is 1.89. The Labute approximate surface area is 148 Å². The molecule has 0 saturated carbocycles. The zero-order chi connectivity index (χ0) is 16.9. The van der Waals surface area contributed by atoms with Crippen molar-refractivity contribution in [3.63, 3.8) is 0 Å². The first-order valence-corrected chi connectivity index (χ1v) is 8.66. The Bertz CT molecular complexity index is 684. The van der Waals surface area contributed by atoms with Crippen LogP contribution in [0.4, 0.5) is 10.1 Å². The molecule has 1 aliphatic heterocycles. The molecule has 5 heteroatoms. The summed E-state index contributed by atoms with van der Waals surface area (Å²) in [5.74, 6) is -0.163. The number of nitrogens with one attached hydrogen (secondary N) is 1. The molecule has 24 heavy (non-hydrogen) atoms. The molecule has 1 saturated heterocycles. The quantitative estimate of drug-likeness (QED) is 0.858. The Kier molecular flexibility index (Phi) is 5.30. The molecule has 0 amide bonds. The van der Waals surface area contributed by atoms with Crippen molar-refractivity contribution in [1.82, 2.24) is 10.2 Å². The topological polar surface area (TPSA) is 18.5 Å². The maximum absolute atomic E-state index is 13.9. The highest BCUT2D eigenvalue weighted by Gasteiger charge is 2.21. The third kappa shape index (κ3) is 3.85. The van der Waals surface area contributed by atoms with Crippen molar-refractivity contribution in [2.75, 3.05) is 31.1 Å². The Balaban J connectivity index is 1.55. The molecule has 0 aromatic heterocycles. The van der Waals surface area contributed by atoms with Gasteiger partial charge in [0.1, 0.15) is 5.82 Å². The Morgan fingerprint density at radius 3 is 2.29 bits per heavy atom. The number of para-hydroxylation sites is 1. The van der Waals surface area contributed by atoms with Crippen LogP contribution >= 0.6 is 12.2 Å². The predicted molar refractivity (Wildman–Crippen MR) is 101 cm³/mol. The van der Waals surface area contributed by atoms with Crippen molar-refractivity contribution in [2.24, 2.45) is 0 Å². The minimum atomic E-state index is -0.163. The van der Waals surface area contributed by atoms with Crippen LogP contribution in [-0.2, 0) is 0 Å². The highest BCUT2D eigenvalue weighted by Crippen LogP contribution is 2.20. The van der Waals surface area contributed by atoms with E-state index in [1.165, 1.54) is 11.6 Å². The Hall–Kier alpha value is -2.14. The maximum Gasteiger partial charge on any atom is 0.169 e. The van der Waals surface area contributed by atoms with Crippen molar-refractivity contribution in [3.8, 4) is 0 Å². The van der Waals surface area contributed by atoms with E-state index in [0.29, 0.717) is 5.69 Å². The summed E-state index contributed by atoms with van der Waals surface area (Å²) < 4.78 is 13.9. The van der Waals surface area contributed by atoms with Gasteiger partial charge in [-0.15, -0.1) is 0 Å². The summed E-state index contributed by atoms with van der Waals surface area (Å²) in [6.07, 6.45) is 0. The molecule has 0 radical (unpaired) electrons. The first-order chi connectivity index (χ1) is 11.6. The van der Waals surface area contributed by atoms with Crippen molar-refractivity contribution in [1.29, 1.82) is 0 Å². The number of benzene rings is 2. The first-order valence-electron chi connectivity index (χ1n) is 8.25. The van der Waals surface area contributed by atoms with Gasteiger partial charge in [0, 0.05) is 26.2 Å². The van der Waals surface area contributed by atoms with Crippen molar-refractivity contribution in [3.05, 3.63) is 66.0 Å². The fourth-order valence-electron chi connectivity index (χ4n) is 2.96. The van der Waals surface area contributed by atoms with Crippen LogP contribution in [0.3, 0.4) is 0 Å². The normalized spacial score (nSPS) is 15.9. The molecule has 0 bridgehead atoms. The van der Waals surface area contributed by atoms with Gasteiger partial charge in [-0.25, -0.2) is 4.39 Å². The molecule has 3 rings (SSSR count). The summed E-state index contributed by atoms with van der Waals surface area (Å²) in [6, 6.07) is 17.4. The average Bonchev–Trinajstić information content (AvgIpc) is 2.63. The molecule has 1 fully saturated rings. The molecule has 1 heterocycles. The largest absolute Gasteiger partial charge is 0.366 e. The molecule has 0 spiro atoms. The van der Waals surface area contributed by atoms with E-state index in [2.05, 4.69) is 34.2 Å². The highest BCUT2D eigenvalue weighted by molar-refractivity contribution is 7.80. The van der Waals surface area contributed by atoms with E-state index < -0.39 is 0 Å². The van der Waals surface area contributed by atoms with Crippen LogP contribution in [0.1, 0.15) is 18.5 Å². The minimum absolute atomic E-state index is 0.163. The third-order valence-electron chi connectivity index (χ3n) is 4.40.